The van der Waals surface area contributed by atoms with Gasteiger partial charge >= 0.3 is 0 Å². The predicted molar refractivity (Wildman–Crippen MR) is 34.8 cm³/mol. The average Bonchev–Trinajstić information content (AvgIpc) is 2.13. The third kappa shape index (κ3) is 1.13. The van der Waals surface area contributed by atoms with E-state index in [9.17, 15) is 0 Å². The normalized spacial score (nSPS) is 34.1. The second-order valence-corrected chi connectivity index (χ2v) is 2.15. The highest BCUT2D eigenvalue weighted by Gasteiger charge is 2.29. The van der Waals surface area contributed by atoms with E-state index in [1.165, 1.54) is 0 Å². The van der Waals surface area contributed by atoms with E-state index in [-0.39, 0.29) is 0 Å². The molecule has 2 heteroatoms. The molecule has 0 N–H and O–H groups in total. The van der Waals surface area contributed by atoms with Crippen molar-refractivity contribution in [3.05, 3.63) is 25.0 Å². The smallest absolute Gasteiger partial charge is 0.227 e. The number of ether oxygens (including phenoxy) is 2. The quantitative estimate of drug-likeness (QED) is 0.495. The molecule has 1 atom stereocenters. The van der Waals surface area contributed by atoms with Crippen LogP contribution in [0, 0.1) is 0 Å². The fraction of sp³-hybridized carbons (Fsp3) is 0.429. The van der Waals surface area contributed by atoms with E-state index in [0.717, 1.165) is 0 Å². The van der Waals surface area contributed by atoms with Gasteiger partial charge in [-0.3, -0.25) is 0 Å². The summed E-state index contributed by atoms with van der Waals surface area (Å²) in [4.78, 5) is 0. The predicted octanol–water partition coefficient (Wildman–Crippen LogP) is 1.45. The summed E-state index contributed by atoms with van der Waals surface area (Å²) in [6, 6.07) is 0. The summed E-state index contributed by atoms with van der Waals surface area (Å²) in [6.07, 6.45) is 1.62. The van der Waals surface area contributed by atoms with E-state index in [4.69, 9.17) is 9.47 Å². The van der Waals surface area contributed by atoms with Crippen molar-refractivity contribution in [2.75, 3.05) is 6.61 Å². The minimum absolute atomic E-state index is 0.475. The molecule has 1 aliphatic heterocycles. The van der Waals surface area contributed by atoms with E-state index in [1.807, 2.05) is 0 Å². The summed E-state index contributed by atoms with van der Waals surface area (Å²) in [5.41, 5.74) is 0. The number of hydrogen-bond acceptors (Lipinski definition) is 2. The van der Waals surface area contributed by atoms with Gasteiger partial charge in [-0.25, -0.2) is 0 Å². The average molecular weight is 126 g/mol. The van der Waals surface area contributed by atoms with E-state index in [1.54, 1.807) is 13.0 Å². The van der Waals surface area contributed by atoms with E-state index in [0.29, 0.717) is 12.4 Å². The highest BCUT2D eigenvalue weighted by molar-refractivity contribution is 4.99. The van der Waals surface area contributed by atoms with Gasteiger partial charge in [-0.2, -0.15) is 0 Å². The molecule has 0 bridgehead atoms. The number of hydrogen-bond donors (Lipinski definition) is 0. The first-order chi connectivity index (χ1) is 4.16. The third-order valence-corrected chi connectivity index (χ3v) is 1.24. The first-order valence-corrected chi connectivity index (χ1v) is 2.81. The summed E-state index contributed by atoms with van der Waals surface area (Å²) >= 11 is 0. The van der Waals surface area contributed by atoms with Crippen molar-refractivity contribution in [1.82, 2.24) is 0 Å². The van der Waals surface area contributed by atoms with Crippen molar-refractivity contribution >= 4 is 0 Å². The molecule has 0 saturated carbocycles. The molecule has 1 aliphatic rings. The lowest BCUT2D eigenvalue weighted by Gasteiger charge is -2.16. The Morgan fingerprint density at radius 1 is 1.78 bits per heavy atom. The minimum atomic E-state index is -0.628. The van der Waals surface area contributed by atoms with Gasteiger partial charge in [0.25, 0.3) is 0 Å². The van der Waals surface area contributed by atoms with E-state index < -0.39 is 5.79 Å². The zero-order valence-electron chi connectivity index (χ0n) is 5.52. The van der Waals surface area contributed by atoms with Gasteiger partial charge in [-0.05, 0) is 6.08 Å². The second-order valence-electron chi connectivity index (χ2n) is 2.15. The molecule has 0 aromatic carbocycles. The largest absolute Gasteiger partial charge is 0.461 e. The molecule has 1 unspecified atom stereocenters. The fourth-order valence-electron chi connectivity index (χ4n) is 0.670. The lowest BCUT2D eigenvalue weighted by atomic mass is 10.3. The van der Waals surface area contributed by atoms with Gasteiger partial charge in [-0.15, -0.1) is 0 Å². The first-order valence-electron chi connectivity index (χ1n) is 2.81. The number of rotatable bonds is 1. The van der Waals surface area contributed by atoms with Crippen LogP contribution in [0.5, 0.6) is 0 Å². The van der Waals surface area contributed by atoms with Crippen molar-refractivity contribution in [2.24, 2.45) is 0 Å². The Balaban J connectivity index is 2.65. The van der Waals surface area contributed by atoms with Crippen LogP contribution in [0.4, 0.5) is 0 Å². The molecule has 0 amide bonds. The second kappa shape index (κ2) is 1.88. The van der Waals surface area contributed by atoms with Crippen LogP contribution >= 0.6 is 0 Å². The van der Waals surface area contributed by atoms with Crippen molar-refractivity contribution in [2.45, 2.75) is 12.7 Å². The molecule has 0 radical (unpaired) electrons. The Labute approximate surface area is 54.8 Å². The van der Waals surface area contributed by atoms with Gasteiger partial charge in [0, 0.05) is 6.92 Å². The Bertz CT molecular complexity index is 151. The van der Waals surface area contributed by atoms with Gasteiger partial charge in [0.2, 0.25) is 5.79 Å². The molecule has 1 rings (SSSR count). The zero-order valence-corrected chi connectivity index (χ0v) is 5.52. The Morgan fingerprint density at radius 2 is 2.44 bits per heavy atom. The van der Waals surface area contributed by atoms with Crippen LogP contribution in [-0.2, 0) is 9.47 Å². The van der Waals surface area contributed by atoms with Crippen molar-refractivity contribution < 1.29 is 9.47 Å². The SMILES string of the molecule is C=CC1(C)OCC(=C)O1. The van der Waals surface area contributed by atoms with Crippen LogP contribution in [0.25, 0.3) is 0 Å². The molecular weight excluding hydrogens is 116 g/mol. The highest BCUT2D eigenvalue weighted by Crippen LogP contribution is 2.24. The highest BCUT2D eigenvalue weighted by atomic mass is 16.7. The first kappa shape index (κ1) is 6.36. The molecule has 0 spiro atoms. The molecule has 0 aromatic rings. The molecular formula is C7H10O2. The summed E-state index contributed by atoms with van der Waals surface area (Å²) in [6.45, 7) is 9.44. The molecule has 50 valence electrons. The monoisotopic (exact) mass is 126 g/mol. The fourth-order valence-corrected chi connectivity index (χ4v) is 0.670. The summed E-state index contributed by atoms with van der Waals surface area (Å²) < 4.78 is 10.3. The Kier molecular flexibility index (Phi) is 1.33. The standard InChI is InChI=1S/C7H10O2/c1-4-7(3)8-5-6(2)9-7/h4H,1-2,5H2,3H3. The lowest BCUT2D eigenvalue weighted by molar-refractivity contribution is -0.0899. The topological polar surface area (TPSA) is 18.5 Å². The Hall–Kier alpha value is -0.760. The molecule has 9 heavy (non-hydrogen) atoms. The molecule has 2 nitrogen and oxygen atoms in total. The van der Waals surface area contributed by atoms with Crippen molar-refractivity contribution in [3.63, 3.8) is 0 Å². The van der Waals surface area contributed by atoms with Crippen LogP contribution in [0.15, 0.2) is 25.0 Å². The third-order valence-electron chi connectivity index (χ3n) is 1.24. The van der Waals surface area contributed by atoms with Gasteiger partial charge in [0.15, 0.2) is 0 Å². The maximum absolute atomic E-state index is 5.16. The van der Waals surface area contributed by atoms with Gasteiger partial charge < -0.3 is 9.47 Å². The maximum atomic E-state index is 5.16. The van der Waals surface area contributed by atoms with Crippen molar-refractivity contribution in [1.29, 1.82) is 0 Å². The van der Waals surface area contributed by atoms with Gasteiger partial charge in [0.1, 0.15) is 12.4 Å². The summed E-state index contributed by atoms with van der Waals surface area (Å²) in [5.74, 6) is 0.0364. The van der Waals surface area contributed by atoms with Crippen LogP contribution in [-0.4, -0.2) is 12.4 Å². The molecule has 1 fully saturated rings. The summed E-state index contributed by atoms with van der Waals surface area (Å²) in [5, 5.41) is 0. The Morgan fingerprint density at radius 3 is 2.67 bits per heavy atom. The van der Waals surface area contributed by atoms with Gasteiger partial charge in [-0.1, -0.05) is 13.2 Å². The minimum Gasteiger partial charge on any atom is -0.461 e. The van der Waals surface area contributed by atoms with Crippen LogP contribution < -0.4 is 0 Å². The summed E-state index contributed by atoms with van der Waals surface area (Å²) in [7, 11) is 0. The molecule has 0 aromatic heterocycles. The van der Waals surface area contributed by atoms with Crippen LogP contribution in [0.1, 0.15) is 6.92 Å². The zero-order chi connectivity index (χ0) is 6.91. The van der Waals surface area contributed by atoms with Crippen LogP contribution in [0.2, 0.25) is 0 Å². The van der Waals surface area contributed by atoms with Crippen molar-refractivity contribution in [3.8, 4) is 0 Å². The van der Waals surface area contributed by atoms with E-state index >= 15 is 0 Å². The van der Waals surface area contributed by atoms with Gasteiger partial charge in [0.05, 0.1) is 0 Å². The molecule has 0 aliphatic carbocycles. The maximum Gasteiger partial charge on any atom is 0.227 e. The van der Waals surface area contributed by atoms with E-state index in [2.05, 4.69) is 13.2 Å². The van der Waals surface area contributed by atoms with Crippen LogP contribution in [0.3, 0.4) is 0 Å². The molecule has 1 saturated heterocycles. The lowest BCUT2D eigenvalue weighted by Crippen LogP contribution is -2.20. The molecule has 1 heterocycles.